The Balaban J connectivity index is 2.01. The Hall–Kier alpha value is -1.10. The van der Waals surface area contributed by atoms with E-state index >= 15 is 0 Å². The summed E-state index contributed by atoms with van der Waals surface area (Å²) in [5.41, 5.74) is 0. The smallest absolute Gasteiger partial charge is 0.245 e. The molecule has 2 aliphatic heterocycles. The molecule has 2 atom stereocenters. The fourth-order valence-electron chi connectivity index (χ4n) is 2.74. The Morgan fingerprint density at radius 2 is 2.06 bits per heavy atom. The van der Waals surface area contributed by atoms with Gasteiger partial charge in [-0.2, -0.15) is 0 Å². The molecule has 2 heterocycles. The molecule has 2 fully saturated rings. The van der Waals surface area contributed by atoms with Gasteiger partial charge in [-0.15, -0.1) is 0 Å². The van der Waals surface area contributed by atoms with Crippen LogP contribution >= 0.6 is 0 Å². The highest BCUT2D eigenvalue weighted by Crippen LogP contribution is 2.20. The second kappa shape index (κ2) is 5.04. The van der Waals surface area contributed by atoms with Gasteiger partial charge in [-0.25, -0.2) is 0 Å². The lowest BCUT2D eigenvalue weighted by molar-refractivity contribution is -0.143. The monoisotopic (exact) mass is 239 g/mol. The number of carbonyl (C=O) groups excluding carboxylic acids is 2. The zero-order valence-electron chi connectivity index (χ0n) is 10.6. The van der Waals surface area contributed by atoms with Crippen LogP contribution in [0.5, 0.6) is 0 Å². The lowest BCUT2D eigenvalue weighted by Gasteiger charge is -2.35. The molecule has 0 saturated carbocycles. The summed E-state index contributed by atoms with van der Waals surface area (Å²) in [6.07, 6.45) is 1.76. The molecule has 96 valence electrons. The minimum Gasteiger partial charge on any atom is -0.338 e. The number of nitrogens with one attached hydrogen (secondary N) is 1. The first-order valence-electron chi connectivity index (χ1n) is 6.39. The van der Waals surface area contributed by atoms with Gasteiger partial charge in [0.1, 0.15) is 6.04 Å². The van der Waals surface area contributed by atoms with Crippen LogP contribution in [0.2, 0.25) is 0 Å². The van der Waals surface area contributed by atoms with Crippen molar-refractivity contribution in [3.63, 3.8) is 0 Å². The number of carbonyl (C=O) groups is 2. The van der Waals surface area contributed by atoms with E-state index in [1.807, 2.05) is 4.90 Å². The summed E-state index contributed by atoms with van der Waals surface area (Å²) in [6.45, 7) is 6.71. The summed E-state index contributed by atoms with van der Waals surface area (Å²) in [6, 6.07) is 0.137. The Morgan fingerprint density at radius 3 is 2.71 bits per heavy atom. The molecule has 2 rings (SSSR count). The second-order valence-corrected chi connectivity index (χ2v) is 5.01. The molecule has 5 heteroatoms. The van der Waals surface area contributed by atoms with Gasteiger partial charge in [0, 0.05) is 39.1 Å². The number of likely N-dealkylation sites (tertiary alicyclic amines) is 1. The number of nitrogens with zero attached hydrogens (tertiary/aromatic N) is 2. The van der Waals surface area contributed by atoms with Crippen molar-refractivity contribution in [1.82, 2.24) is 15.1 Å². The summed E-state index contributed by atoms with van der Waals surface area (Å²) in [4.78, 5) is 27.4. The molecule has 0 aromatic carbocycles. The summed E-state index contributed by atoms with van der Waals surface area (Å²) >= 11 is 0. The predicted octanol–water partition coefficient (Wildman–Crippen LogP) is -0.182. The van der Waals surface area contributed by atoms with Gasteiger partial charge in [-0.1, -0.05) is 0 Å². The molecule has 2 saturated heterocycles. The van der Waals surface area contributed by atoms with Crippen molar-refractivity contribution in [2.45, 2.75) is 38.8 Å². The quantitative estimate of drug-likeness (QED) is 0.690. The van der Waals surface area contributed by atoms with Gasteiger partial charge in [-0.3, -0.25) is 9.59 Å². The summed E-state index contributed by atoms with van der Waals surface area (Å²) in [7, 11) is 0. The molecule has 0 bridgehead atoms. The molecular formula is C12H21N3O2. The molecule has 0 unspecified atom stereocenters. The van der Waals surface area contributed by atoms with E-state index in [4.69, 9.17) is 0 Å². The Labute approximate surface area is 102 Å². The van der Waals surface area contributed by atoms with Crippen LogP contribution in [-0.2, 0) is 9.59 Å². The minimum atomic E-state index is -0.210. The number of rotatable bonds is 1. The predicted molar refractivity (Wildman–Crippen MR) is 64.5 cm³/mol. The van der Waals surface area contributed by atoms with E-state index in [-0.39, 0.29) is 17.9 Å². The van der Waals surface area contributed by atoms with E-state index in [9.17, 15) is 9.59 Å². The summed E-state index contributed by atoms with van der Waals surface area (Å²) in [5, 5.41) is 3.32. The Morgan fingerprint density at radius 1 is 1.29 bits per heavy atom. The molecule has 0 aromatic rings. The maximum Gasteiger partial charge on any atom is 0.245 e. The van der Waals surface area contributed by atoms with Gasteiger partial charge in [0.25, 0.3) is 0 Å². The SMILES string of the molecule is CC(=O)N1CCC[C@@H]1C(=O)N1CCN[C@H](C)C1. The van der Waals surface area contributed by atoms with Crippen LogP contribution in [-0.4, -0.2) is 59.9 Å². The van der Waals surface area contributed by atoms with Gasteiger partial charge < -0.3 is 15.1 Å². The van der Waals surface area contributed by atoms with Crippen LogP contribution in [0.3, 0.4) is 0 Å². The van der Waals surface area contributed by atoms with Crippen molar-refractivity contribution in [2.75, 3.05) is 26.2 Å². The highest BCUT2D eigenvalue weighted by molar-refractivity contribution is 5.87. The molecule has 2 amide bonds. The van der Waals surface area contributed by atoms with Crippen molar-refractivity contribution in [3.05, 3.63) is 0 Å². The van der Waals surface area contributed by atoms with E-state index < -0.39 is 0 Å². The van der Waals surface area contributed by atoms with E-state index in [0.29, 0.717) is 6.04 Å². The number of piperazine rings is 1. The first-order valence-corrected chi connectivity index (χ1v) is 6.39. The van der Waals surface area contributed by atoms with Gasteiger partial charge >= 0.3 is 0 Å². The summed E-state index contributed by atoms with van der Waals surface area (Å²) in [5.74, 6) is 0.148. The zero-order valence-corrected chi connectivity index (χ0v) is 10.6. The van der Waals surface area contributed by atoms with Crippen molar-refractivity contribution in [3.8, 4) is 0 Å². The average molecular weight is 239 g/mol. The van der Waals surface area contributed by atoms with Crippen molar-refractivity contribution < 1.29 is 9.59 Å². The number of hydrogen-bond donors (Lipinski definition) is 1. The average Bonchev–Trinajstić information content (AvgIpc) is 2.77. The fraction of sp³-hybridized carbons (Fsp3) is 0.833. The van der Waals surface area contributed by atoms with E-state index in [1.54, 1.807) is 11.8 Å². The first-order chi connectivity index (χ1) is 8.09. The molecule has 0 aromatic heterocycles. The molecule has 0 aliphatic carbocycles. The van der Waals surface area contributed by atoms with Gasteiger partial charge in [-0.05, 0) is 19.8 Å². The number of hydrogen-bond acceptors (Lipinski definition) is 3. The number of amides is 2. The highest BCUT2D eigenvalue weighted by Gasteiger charge is 2.35. The third kappa shape index (κ3) is 2.60. The molecular weight excluding hydrogens is 218 g/mol. The largest absolute Gasteiger partial charge is 0.338 e. The Kier molecular flexibility index (Phi) is 3.66. The molecule has 17 heavy (non-hydrogen) atoms. The van der Waals surface area contributed by atoms with Crippen LogP contribution in [0.25, 0.3) is 0 Å². The van der Waals surface area contributed by atoms with Crippen LogP contribution in [0, 0.1) is 0 Å². The van der Waals surface area contributed by atoms with Crippen molar-refractivity contribution in [1.29, 1.82) is 0 Å². The van der Waals surface area contributed by atoms with Crippen LogP contribution in [0.4, 0.5) is 0 Å². The van der Waals surface area contributed by atoms with Crippen LogP contribution in [0.15, 0.2) is 0 Å². The Bertz CT molecular complexity index is 319. The molecule has 0 spiro atoms. The van der Waals surface area contributed by atoms with E-state index in [0.717, 1.165) is 39.0 Å². The molecule has 1 N–H and O–H groups in total. The standard InChI is InChI=1S/C12H21N3O2/c1-9-8-14(7-5-13-9)12(17)11-4-3-6-15(11)10(2)16/h9,11,13H,3-8H2,1-2H3/t9-,11-/m1/s1. The third-order valence-corrected chi connectivity index (χ3v) is 3.62. The summed E-state index contributed by atoms with van der Waals surface area (Å²) < 4.78 is 0. The lowest BCUT2D eigenvalue weighted by Crippen LogP contribution is -2.56. The van der Waals surface area contributed by atoms with Crippen molar-refractivity contribution in [2.24, 2.45) is 0 Å². The van der Waals surface area contributed by atoms with E-state index in [2.05, 4.69) is 12.2 Å². The highest BCUT2D eigenvalue weighted by atomic mass is 16.2. The van der Waals surface area contributed by atoms with Crippen LogP contribution in [0.1, 0.15) is 26.7 Å². The fourth-order valence-corrected chi connectivity index (χ4v) is 2.74. The first kappa shape index (κ1) is 12.4. The maximum absolute atomic E-state index is 12.4. The zero-order chi connectivity index (χ0) is 12.4. The molecule has 2 aliphatic rings. The van der Waals surface area contributed by atoms with Gasteiger partial charge in [0.2, 0.25) is 11.8 Å². The van der Waals surface area contributed by atoms with E-state index in [1.165, 1.54) is 0 Å². The normalized spacial score (nSPS) is 29.5. The second-order valence-electron chi connectivity index (χ2n) is 5.01. The minimum absolute atomic E-state index is 0.0176. The van der Waals surface area contributed by atoms with Crippen LogP contribution < -0.4 is 5.32 Å². The van der Waals surface area contributed by atoms with Gasteiger partial charge in [0.05, 0.1) is 0 Å². The van der Waals surface area contributed by atoms with Crippen molar-refractivity contribution >= 4 is 11.8 Å². The lowest BCUT2D eigenvalue weighted by atomic mass is 10.1. The third-order valence-electron chi connectivity index (χ3n) is 3.62. The topological polar surface area (TPSA) is 52.7 Å². The molecule has 5 nitrogen and oxygen atoms in total. The van der Waals surface area contributed by atoms with Gasteiger partial charge in [0.15, 0.2) is 0 Å². The maximum atomic E-state index is 12.4. The molecule has 0 radical (unpaired) electrons.